The van der Waals surface area contributed by atoms with Gasteiger partial charge < -0.3 is 30.3 Å². The Bertz CT molecular complexity index is 1790. The van der Waals surface area contributed by atoms with Crippen LogP contribution < -0.4 is 20.1 Å². The first kappa shape index (κ1) is 33.8. The van der Waals surface area contributed by atoms with E-state index in [-0.39, 0.29) is 44.4 Å². The van der Waals surface area contributed by atoms with Crippen molar-refractivity contribution in [2.75, 3.05) is 43.7 Å². The molecule has 10 nitrogen and oxygen atoms in total. The van der Waals surface area contributed by atoms with Gasteiger partial charge in [-0.2, -0.15) is 14.4 Å². The minimum absolute atomic E-state index is 0.0306. The Labute approximate surface area is 273 Å². The van der Waals surface area contributed by atoms with Crippen molar-refractivity contribution < 1.29 is 41.6 Å². The topological polar surface area (TPSA) is 130 Å². The van der Waals surface area contributed by atoms with Crippen molar-refractivity contribution in [3.8, 4) is 23.0 Å². The van der Waals surface area contributed by atoms with Crippen LogP contribution in [0.4, 0.5) is 33.5 Å². The van der Waals surface area contributed by atoms with E-state index in [2.05, 4.69) is 26.8 Å². The maximum absolute atomic E-state index is 16.3. The number of aliphatic hydroxyl groups is 2. The molecule has 3 saturated heterocycles. The van der Waals surface area contributed by atoms with Crippen LogP contribution in [0.3, 0.4) is 0 Å². The van der Waals surface area contributed by atoms with E-state index in [1.165, 1.54) is 31.2 Å². The standard InChI is InChI=1S/C26H25F4N5O4.C7H12FN/c1-12-4-2-3-5-35(10-12)24-16-9-32-21(20(30)22(16)33-25(34-24)39-26(36)37)15-8-14(31)6-13-7-17(28)19(29)23(18(13)15)38-11-27;8-6-4-7-2-1-3-9(7)5-6/h6-9,12,26,36-37H,2-5,10-11,31H2,1H3;6-7H,1-5H2. The molecule has 258 valence electrons. The molecule has 15 heteroatoms. The van der Waals surface area contributed by atoms with Crippen molar-refractivity contribution in [1.82, 2.24) is 19.9 Å². The third kappa shape index (κ3) is 6.89. The van der Waals surface area contributed by atoms with Gasteiger partial charge in [0.2, 0.25) is 12.7 Å². The summed E-state index contributed by atoms with van der Waals surface area (Å²) in [4.78, 5) is 16.8. The van der Waals surface area contributed by atoms with E-state index in [4.69, 9.17) is 15.2 Å². The summed E-state index contributed by atoms with van der Waals surface area (Å²) in [5.41, 5.74) is 5.32. The van der Waals surface area contributed by atoms with E-state index in [1.807, 2.05) is 4.90 Å². The zero-order valence-electron chi connectivity index (χ0n) is 26.3. The molecule has 0 amide bonds. The lowest BCUT2D eigenvalue weighted by atomic mass is 9.98. The molecule has 3 aliphatic heterocycles. The van der Waals surface area contributed by atoms with Crippen molar-refractivity contribution >= 4 is 33.2 Å². The predicted octanol–water partition coefficient (Wildman–Crippen LogP) is 5.62. The maximum Gasteiger partial charge on any atom is 0.323 e. The Morgan fingerprint density at radius 2 is 1.83 bits per heavy atom. The van der Waals surface area contributed by atoms with E-state index >= 15 is 4.39 Å². The number of anilines is 2. The summed E-state index contributed by atoms with van der Waals surface area (Å²) in [5.74, 6) is -3.93. The highest BCUT2D eigenvalue weighted by Gasteiger charge is 2.34. The first-order chi connectivity index (χ1) is 23.0. The average molecular weight is 677 g/mol. The minimum atomic E-state index is -2.26. The molecule has 4 aromatic rings. The number of fused-ring (bicyclic) bond motifs is 3. The van der Waals surface area contributed by atoms with Gasteiger partial charge in [-0.15, -0.1) is 0 Å². The summed E-state index contributed by atoms with van der Waals surface area (Å²) < 4.78 is 80.5. The second-order valence-corrected chi connectivity index (χ2v) is 12.5. The van der Waals surface area contributed by atoms with Crippen molar-refractivity contribution in [2.24, 2.45) is 5.92 Å². The molecule has 3 fully saturated rings. The number of alkyl halides is 2. The van der Waals surface area contributed by atoms with Crippen LogP contribution in [0.5, 0.6) is 11.8 Å². The van der Waals surface area contributed by atoms with E-state index in [0.29, 0.717) is 31.6 Å². The largest absolute Gasteiger partial charge is 0.459 e. The second-order valence-electron chi connectivity index (χ2n) is 12.5. The fourth-order valence-electron chi connectivity index (χ4n) is 7.02. The van der Waals surface area contributed by atoms with Gasteiger partial charge in [0.05, 0.1) is 5.39 Å². The maximum atomic E-state index is 16.3. The highest BCUT2D eigenvalue weighted by Crippen LogP contribution is 2.42. The number of ether oxygens (including phenoxy) is 2. The Hall–Kier alpha value is -4.08. The molecule has 3 aliphatic rings. The van der Waals surface area contributed by atoms with Crippen LogP contribution in [0.1, 0.15) is 45.4 Å². The van der Waals surface area contributed by atoms with Gasteiger partial charge >= 0.3 is 12.5 Å². The van der Waals surface area contributed by atoms with Gasteiger partial charge in [-0.1, -0.05) is 13.3 Å². The number of aliphatic hydroxyl groups excluding tert-OH is 1. The molecule has 2 aromatic heterocycles. The number of halogens is 5. The van der Waals surface area contributed by atoms with Crippen molar-refractivity contribution in [3.05, 3.63) is 41.8 Å². The molecule has 5 heterocycles. The number of aromatic nitrogens is 3. The zero-order chi connectivity index (χ0) is 34.1. The van der Waals surface area contributed by atoms with E-state index in [1.54, 1.807) is 0 Å². The number of nitrogens with two attached hydrogens (primary N) is 1. The summed E-state index contributed by atoms with van der Waals surface area (Å²) >= 11 is 0. The molecule has 3 atom stereocenters. The number of nitrogens with zero attached hydrogens (tertiary/aromatic N) is 5. The minimum Gasteiger partial charge on any atom is -0.459 e. The molecule has 0 radical (unpaired) electrons. The first-order valence-corrected chi connectivity index (χ1v) is 16.0. The van der Waals surface area contributed by atoms with Crippen LogP contribution >= 0.6 is 0 Å². The van der Waals surface area contributed by atoms with Crippen molar-refractivity contribution in [1.29, 1.82) is 0 Å². The van der Waals surface area contributed by atoms with Crippen LogP contribution in [0.25, 0.3) is 32.9 Å². The fourth-order valence-corrected chi connectivity index (χ4v) is 7.02. The lowest BCUT2D eigenvalue weighted by molar-refractivity contribution is -0.183. The summed E-state index contributed by atoms with van der Waals surface area (Å²) in [5, 5.41) is 18.8. The summed E-state index contributed by atoms with van der Waals surface area (Å²) in [7, 11) is 0. The number of rotatable bonds is 6. The van der Waals surface area contributed by atoms with E-state index in [9.17, 15) is 27.8 Å². The fraction of sp³-hybridized carbons (Fsp3) is 0.485. The Morgan fingerprint density at radius 1 is 1.02 bits per heavy atom. The molecule has 48 heavy (non-hydrogen) atoms. The van der Waals surface area contributed by atoms with Crippen molar-refractivity contribution in [3.63, 3.8) is 0 Å². The molecule has 2 aromatic carbocycles. The molecular weight excluding hydrogens is 639 g/mol. The normalized spacial score (nSPS) is 21.4. The predicted molar refractivity (Wildman–Crippen MR) is 169 cm³/mol. The SMILES string of the molecule is CC1CCCCN(c2nc(OC(O)O)nc3c(F)c(-c4cc(N)cc5cc(F)c(F)c(OCF)c45)ncc23)C1.FC1CC2CCCN2C1. The third-order valence-electron chi connectivity index (χ3n) is 9.08. The lowest BCUT2D eigenvalue weighted by Gasteiger charge is -2.25. The molecule has 7 rings (SSSR count). The van der Waals surface area contributed by atoms with Gasteiger partial charge in [-0.05, 0) is 68.2 Å². The highest BCUT2D eigenvalue weighted by atomic mass is 19.2. The molecule has 0 aliphatic carbocycles. The van der Waals surface area contributed by atoms with Crippen LogP contribution in [0.15, 0.2) is 24.4 Å². The molecular formula is C33H37F5N6O4. The van der Waals surface area contributed by atoms with Gasteiger partial charge in [-0.25, -0.2) is 17.6 Å². The summed E-state index contributed by atoms with van der Waals surface area (Å²) in [6, 6.07) is 3.53. The average Bonchev–Trinajstić information content (AvgIpc) is 3.54. The van der Waals surface area contributed by atoms with Crippen LogP contribution in [-0.4, -0.2) is 81.8 Å². The van der Waals surface area contributed by atoms with Crippen molar-refractivity contribution in [2.45, 2.75) is 64.1 Å². The number of benzene rings is 2. The monoisotopic (exact) mass is 676 g/mol. The highest BCUT2D eigenvalue weighted by molar-refractivity contribution is 6.04. The summed E-state index contributed by atoms with van der Waals surface area (Å²) in [6.07, 6.45) is 6.99. The Morgan fingerprint density at radius 3 is 2.58 bits per heavy atom. The number of hydrogen-bond acceptors (Lipinski definition) is 10. The molecule has 3 unspecified atom stereocenters. The van der Waals surface area contributed by atoms with Crippen LogP contribution in [-0.2, 0) is 0 Å². The van der Waals surface area contributed by atoms with Gasteiger partial charge in [-0.3, -0.25) is 9.88 Å². The van der Waals surface area contributed by atoms with Crippen LogP contribution in [0.2, 0.25) is 0 Å². The Kier molecular flexibility index (Phi) is 9.99. The van der Waals surface area contributed by atoms with Gasteiger partial charge in [0, 0.05) is 48.5 Å². The Balaban J connectivity index is 0.000000381. The van der Waals surface area contributed by atoms with E-state index < -0.39 is 48.7 Å². The van der Waals surface area contributed by atoms with Gasteiger partial charge in [0.25, 0.3) is 0 Å². The molecule has 0 bridgehead atoms. The molecule has 4 N–H and O–H groups in total. The number of hydrogen-bond donors (Lipinski definition) is 3. The lowest BCUT2D eigenvalue weighted by Crippen LogP contribution is -2.29. The van der Waals surface area contributed by atoms with Gasteiger partial charge in [0.1, 0.15) is 23.2 Å². The van der Waals surface area contributed by atoms with Gasteiger partial charge in [0.15, 0.2) is 17.4 Å². The first-order valence-electron chi connectivity index (χ1n) is 16.0. The number of pyridine rings is 1. The zero-order valence-corrected chi connectivity index (χ0v) is 26.3. The molecule has 0 saturated carbocycles. The second kappa shape index (κ2) is 14.2. The smallest absolute Gasteiger partial charge is 0.323 e. The van der Waals surface area contributed by atoms with E-state index in [0.717, 1.165) is 38.3 Å². The summed E-state index contributed by atoms with van der Waals surface area (Å²) in [6.45, 7) is 1.41. The molecule has 0 spiro atoms. The van der Waals surface area contributed by atoms with Crippen LogP contribution in [0, 0.1) is 23.4 Å². The third-order valence-corrected chi connectivity index (χ3v) is 9.08. The number of nitrogen functional groups attached to an aromatic ring is 1. The quantitative estimate of drug-likeness (QED) is 0.135.